The molecule has 12 heteroatoms. The molecular weight excluding hydrogens is 508 g/mol. The second-order valence-electron chi connectivity index (χ2n) is 9.63. The van der Waals surface area contributed by atoms with Gasteiger partial charge in [-0.05, 0) is 50.6 Å². The van der Waals surface area contributed by atoms with Gasteiger partial charge in [-0.15, -0.1) is 0 Å². The van der Waals surface area contributed by atoms with Crippen molar-refractivity contribution >= 4 is 57.4 Å². The first-order valence-corrected chi connectivity index (χ1v) is 13.0. The minimum Gasteiger partial charge on any atom is -0.423 e. The fourth-order valence-electron chi connectivity index (χ4n) is 5.22. The number of carbonyl (C=O) groups excluding carboxylic acids is 2. The van der Waals surface area contributed by atoms with Crippen LogP contribution in [0, 0.1) is 0 Å². The Labute approximate surface area is 223 Å². The number of hydrogen-bond acceptors (Lipinski definition) is 8. The number of hydrogen-bond donors (Lipinski definition) is 2. The summed E-state index contributed by atoms with van der Waals surface area (Å²) in [7, 11) is 0. The number of oxazole rings is 1. The number of nitrogens with zero attached hydrogens (tertiary/aromatic N) is 6. The molecule has 1 aromatic carbocycles. The number of rotatable bonds is 6. The number of benzene rings is 1. The molecule has 11 nitrogen and oxygen atoms in total. The summed E-state index contributed by atoms with van der Waals surface area (Å²) in [6.45, 7) is 4.10. The van der Waals surface area contributed by atoms with Crippen molar-refractivity contribution in [2.24, 2.45) is 0 Å². The van der Waals surface area contributed by atoms with E-state index < -0.39 is 5.91 Å². The third-order valence-electron chi connectivity index (χ3n) is 7.14. The van der Waals surface area contributed by atoms with Crippen molar-refractivity contribution in [3.05, 3.63) is 53.5 Å². The van der Waals surface area contributed by atoms with Crippen LogP contribution in [0.1, 0.15) is 35.7 Å². The van der Waals surface area contributed by atoms with Crippen molar-refractivity contribution in [3.63, 3.8) is 0 Å². The zero-order valence-electron chi connectivity index (χ0n) is 20.6. The molecule has 1 atom stereocenters. The molecule has 2 aliphatic rings. The molecule has 3 aromatic heterocycles. The third-order valence-corrected chi connectivity index (χ3v) is 7.38. The Morgan fingerprint density at radius 3 is 2.89 bits per heavy atom. The molecule has 0 unspecified atom stereocenters. The first-order valence-electron chi connectivity index (χ1n) is 12.6. The smallest absolute Gasteiger partial charge is 0.302 e. The highest BCUT2D eigenvalue weighted by Crippen LogP contribution is 2.32. The van der Waals surface area contributed by atoms with Crippen molar-refractivity contribution in [1.29, 1.82) is 0 Å². The van der Waals surface area contributed by atoms with Crippen LogP contribution >= 0.6 is 11.6 Å². The van der Waals surface area contributed by atoms with E-state index in [0.717, 1.165) is 26.1 Å². The van der Waals surface area contributed by atoms with Crippen LogP contribution in [-0.2, 0) is 4.79 Å². The average molecular weight is 535 g/mol. The average Bonchev–Trinajstić information content (AvgIpc) is 3.69. The number of nitrogens with one attached hydrogen (secondary N) is 1. The second kappa shape index (κ2) is 10.1. The predicted molar refractivity (Wildman–Crippen MR) is 144 cm³/mol. The van der Waals surface area contributed by atoms with E-state index in [1.165, 1.54) is 19.2 Å². The first kappa shape index (κ1) is 24.4. The van der Waals surface area contributed by atoms with Crippen molar-refractivity contribution < 1.29 is 14.0 Å². The van der Waals surface area contributed by atoms with Crippen LogP contribution in [0.15, 0.2) is 47.3 Å². The van der Waals surface area contributed by atoms with Crippen LogP contribution in [0.2, 0.25) is 5.02 Å². The molecule has 3 N–H and O–H groups in total. The summed E-state index contributed by atoms with van der Waals surface area (Å²) in [5.74, 6) is -0.269. The summed E-state index contributed by atoms with van der Waals surface area (Å²) in [4.78, 5) is 43.1. The van der Waals surface area contributed by atoms with Gasteiger partial charge in [-0.25, -0.2) is 9.97 Å². The number of likely N-dealkylation sites (tertiary alicyclic amines) is 2. The Morgan fingerprint density at radius 2 is 2.05 bits per heavy atom. The van der Waals surface area contributed by atoms with E-state index in [1.54, 1.807) is 30.5 Å². The summed E-state index contributed by atoms with van der Waals surface area (Å²) in [6, 6.07) is 5.01. The number of carbonyl (C=O) groups is 2. The van der Waals surface area contributed by atoms with E-state index in [1.807, 2.05) is 15.5 Å². The van der Waals surface area contributed by atoms with Gasteiger partial charge in [0.25, 0.3) is 5.91 Å². The van der Waals surface area contributed by atoms with Gasteiger partial charge < -0.3 is 19.6 Å². The molecule has 0 aliphatic carbocycles. The van der Waals surface area contributed by atoms with Gasteiger partial charge >= 0.3 is 6.01 Å². The zero-order valence-corrected chi connectivity index (χ0v) is 21.4. The summed E-state index contributed by atoms with van der Waals surface area (Å²) in [5, 5.41) is 3.66. The standard InChI is InChI=1S/C26H27ClN8O3/c27-16-5-6-20-19(12-16)31-26(38-20)32-25(37)18-14-35(24-22(18)23(28)29-15-30-24)17-7-11-34(13-17)21(36)4-3-10-33-8-1-2-9-33/h3-6,12,14-15,17H,1-2,7-11,13H2,(H2,28,29,30)(H,31,32,37)/t17-/m1/s1. The number of fused-ring (bicyclic) bond motifs is 2. The highest BCUT2D eigenvalue weighted by Gasteiger charge is 2.30. The fourth-order valence-corrected chi connectivity index (χ4v) is 5.39. The van der Waals surface area contributed by atoms with Gasteiger partial charge in [-0.2, -0.15) is 4.98 Å². The van der Waals surface area contributed by atoms with E-state index in [2.05, 4.69) is 25.2 Å². The molecular formula is C26H27ClN8O3. The van der Waals surface area contributed by atoms with Crippen LogP contribution in [0.4, 0.5) is 11.8 Å². The minimum atomic E-state index is -0.455. The van der Waals surface area contributed by atoms with Gasteiger partial charge in [0.2, 0.25) is 5.91 Å². The Bertz CT molecular complexity index is 1550. The molecule has 2 aliphatic heterocycles. The summed E-state index contributed by atoms with van der Waals surface area (Å²) in [6.07, 6.45) is 9.87. The van der Waals surface area contributed by atoms with Gasteiger partial charge in [0.15, 0.2) is 5.58 Å². The Balaban J connectivity index is 1.21. The van der Waals surface area contributed by atoms with E-state index >= 15 is 0 Å². The quantitative estimate of drug-likeness (QED) is 0.359. The summed E-state index contributed by atoms with van der Waals surface area (Å²) in [5.41, 5.74) is 8.05. The van der Waals surface area contributed by atoms with Crippen LogP contribution in [0.3, 0.4) is 0 Å². The Kier molecular flexibility index (Phi) is 6.46. The topological polar surface area (TPSA) is 135 Å². The molecule has 0 spiro atoms. The number of nitrogens with two attached hydrogens (primary N) is 1. The van der Waals surface area contributed by atoms with Crippen molar-refractivity contribution in [3.8, 4) is 0 Å². The van der Waals surface area contributed by atoms with Crippen LogP contribution < -0.4 is 11.1 Å². The van der Waals surface area contributed by atoms with E-state index in [0.29, 0.717) is 45.8 Å². The number of nitrogen functional groups attached to an aromatic ring is 1. The number of halogens is 1. The molecule has 0 bridgehead atoms. The van der Waals surface area contributed by atoms with Crippen molar-refractivity contribution in [2.75, 3.05) is 43.8 Å². The molecule has 6 rings (SSSR count). The minimum absolute atomic E-state index is 0.00803. The van der Waals surface area contributed by atoms with Gasteiger partial charge in [-0.3, -0.25) is 19.8 Å². The van der Waals surface area contributed by atoms with Gasteiger partial charge in [-0.1, -0.05) is 17.7 Å². The molecule has 2 saturated heterocycles. The van der Waals surface area contributed by atoms with Gasteiger partial charge in [0.1, 0.15) is 23.3 Å². The molecule has 0 radical (unpaired) electrons. The van der Waals surface area contributed by atoms with Crippen molar-refractivity contribution in [1.82, 2.24) is 29.3 Å². The maximum atomic E-state index is 13.3. The SMILES string of the molecule is Nc1ncnc2c1c(C(=O)Nc1nc3cc(Cl)ccc3o1)cn2[C@@H]1CCN(C(=O)C=CCN2CCCC2)C1. The molecule has 2 fully saturated rings. The maximum absolute atomic E-state index is 13.3. The van der Waals surface area contributed by atoms with E-state index in [-0.39, 0.29) is 23.8 Å². The lowest BCUT2D eigenvalue weighted by Gasteiger charge is -2.16. The summed E-state index contributed by atoms with van der Waals surface area (Å²) >= 11 is 6.03. The Hall–Kier alpha value is -3.96. The van der Waals surface area contributed by atoms with Crippen LogP contribution in [0.5, 0.6) is 0 Å². The van der Waals surface area contributed by atoms with Crippen LogP contribution in [-0.4, -0.2) is 73.9 Å². The largest absolute Gasteiger partial charge is 0.423 e. The van der Waals surface area contributed by atoms with Gasteiger partial charge in [0, 0.05) is 36.9 Å². The monoisotopic (exact) mass is 534 g/mol. The molecule has 196 valence electrons. The van der Waals surface area contributed by atoms with E-state index in [9.17, 15) is 9.59 Å². The number of anilines is 2. The second-order valence-corrected chi connectivity index (χ2v) is 10.1. The predicted octanol–water partition coefficient (Wildman–Crippen LogP) is 3.49. The zero-order chi connectivity index (χ0) is 26.2. The third kappa shape index (κ3) is 4.70. The lowest BCUT2D eigenvalue weighted by molar-refractivity contribution is -0.125. The summed E-state index contributed by atoms with van der Waals surface area (Å²) < 4.78 is 7.56. The number of aromatic nitrogens is 4. The lowest BCUT2D eigenvalue weighted by Crippen LogP contribution is -2.28. The highest BCUT2D eigenvalue weighted by molar-refractivity contribution is 6.31. The van der Waals surface area contributed by atoms with E-state index in [4.69, 9.17) is 21.8 Å². The first-order chi connectivity index (χ1) is 18.5. The molecule has 0 saturated carbocycles. The maximum Gasteiger partial charge on any atom is 0.302 e. The highest BCUT2D eigenvalue weighted by atomic mass is 35.5. The molecule has 4 aromatic rings. The number of amides is 2. The molecule has 38 heavy (non-hydrogen) atoms. The normalized spacial score (nSPS) is 18.3. The lowest BCUT2D eigenvalue weighted by atomic mass is 10.2. The molecule has 5 heterocycles. The molecule has 2 amide bonds. The Morgan fingerprint density at radius 1 is 1.21 bits per heavy atom. The fraction of sp³-hybridized carbons (Fsp3) is 0.346. The van der Waals surface area contributed by atoms with Crippen molar-refractivity contribution in [2.45, 2.75) is 25.3 Å². The van der Waals surface area contributed by atoms with Gasteiger partial charge in [0.05, 0.1) is 17.0 Å². The van der Waals surface area contributed by atoms with Crippen LogP contribution in [0.25, 0.3) is 22.1 Å².